The Hall–Kier alpha value is -1.95. The molecule has 1 aliphatic heterocycles. The zero-order valence-electron chi connectivity index (χ0n) is 11.3. The van der Waals surface area contributed by atoms with Gasteiger partial charge in [0.25, 0.3) is 0 Å². The Labute approximate surface area is 117 Å². The van der Waals surface area contributed by atoms with E-state index in [0.717, 1.165) is 30.5 Å². The van der Waals surface area contributed by atoms with Gasteiger partial charge in [-0.05, 0) is 37.3 Å². The van der Waals surface area contributed by atoms with Crippen LogP contribution >= 0.6 is 0 Å². The molecule has 1 fully saturated rings. The van der Waals surface area contributed by atoms with Crippen molar-refractivity contribution in [2.24, 2.45) is 5.73 Å². The molecule has 3 N–H and O–H groups in total. The number of hydrogen-bond donors (Lipinski definition) is 2. The van der Waals surface area contributed by atoms with Gasteiger partial charge in [0.15, 0.2) is 0 Å². The highest BCUT2D eigenvalue weighted by molar-refractivity contribution is 6.02. The third kappa shape index (κ3) is 2.38. The molecule has 2 aliphatic rings. The summed E-state index contributed by atoms with van der Waals surface area (Å²) in [5, 5.41) is 2.30. The second kappa shape index (κ2) is 5.20. The van der Waals surface area contributed by atoms with E-state index in [1.165, 1.54) is 12.0 Å². The maximum Gasteiger partial charge on any atom is 0.246 e. The molecule has 6 heteroatoms. The molecule has 2 amide bonds. The number of rotatable bonds is 2. The van der Waals surface area contributed by atoms with Crippen LogP contribution in [0.1, 0.15) is 29.7 Å². The molecule has 0 unspecified atom stereocenters. The van der Waals surface area contributed by atoms with E-state index in [0.29, 0.717) is 12.4 Å². The van der Waals surface area contributed by atoms with Gasteiger partial charge in [0.05, 0.1) is 13.1 Å². The molecular weight excluding hydrogens is 256 g/mol. The van der Waals surface area contributed by atoms with Crippen molar-refractivity contribution in [3.05, 3.63) is 22.9 Å². The van der Waals surface area contributed by atoms with Crippen molar-refractivity contribution in [3.8, 4) is 0 Å². The first-order valence-corrected chi connectivity index (χ1v) is 6.96. The molecule has 0 atom stereocenters. The minimum atomic E-state index is -0.288. The molecule has 3 rings (SSSR count). The number of nitrogens with two attached hydrogens (primary N) is 1. The zero-order chi connectivity index (χ0) is 14.1. The smallest absolute Gasteiger partial charge is 0.246 e. The number of amides is 2. The van der Waals surface area contributed by atoms with Crippen LogP contribution in [0.2, 0.25) is 0 Å². The van der Waals surface area contributed by atoms with Gasteiger partial charge < -0.3 is 10.6 Å². The lowest BCUT2D eigenvalue weighted by Gasteiger charge is -2.29. The number of hydrogen-bond acceptors (Lipinski definition) is 5. The van der Waals surface area contributed by atoms with E-state index in [1.807, 2.05) is 0 Å². The largest absolute Gasteiger partial charge is 0.338 e. The number of fused-ring (bicyclic) bond motifs is 1. The quantitative estimate of drug-likeness (QED) is 0.734. The van der Waals surface area contributed by atoms with Gasteiger partial charge >= 0.3 is 0 Å². The molecular formula is C14H18N4O2. The summed E-state index contributed by atoms with van der Waals surface area (Å²) >= 11 is 0. The maximum atomic E-state index is 11.5. The Kier molecular flexibility index (Phi) is 3.40. The Morgan fingerprint density at radius 3 is 2.60 bits per heavy atom. The summed E-state index contributed by atoms with van der Waals surface area (Å²) in [6, 6.07) is 2.09. The van der Waals surface area contributed by atoms with Crippen molar-refractivity contribution in [1.82, 2.24) is 10.3 Å². The molecule has 106 valence electrons. The van der Waals surface area contributed by atoms with Crippen molar-refractivity contribution in [2.45, 2.75) is 32.2 Å². The first-order valence-electron chi connectivity index (χ1n) is 6.96. The average Bonchev–Trinajstić information content (AvgIpc) is 2.44. The van der Waals surface area contributed by atoms with Crippen molar-refractivity contribution in [3.63, 3.8) is 0 Å². The van der Waals surface area contributed by atoms with Crippen LogP contribution in [0.25, 0.3) is 0 Å². The Balaban J connectivity index is 1.99. The molecule has 0 bridgehead atoms. The second-order valence-corrected chi connectivity index (χ2v) is 5.32. The summed E-state index contributed by atoms with van der Waals surface area (Å²) in [6.07, 6.45) is 4.32. The van der Waals surface area contributed by atoms with Crippen LogP contribution in [0.5, 0.6) is 0 Å². The number of carbonyl (C=O) groups is 2. The number of pyridine rings is 1. The summed E-state index contributed by atoms with van der Waals surface area (Å²) in [6.45, 7) is 0.678. The predicted molar refractivity (Wildman–Crippen MR) is 74.1 cm³/mol. The third-order valence-electron chi connectivity index (χ3n) is 3.82. The first-order chi connectivity index (χ1) is 9.67. The number of aryl methyl sites for hydroxylation is 2. The van der Waals surface area contributed by atoms with Gasteiger partial charge in [0.2, 0.25) is 11.8 Å². The Morgan fingerprint density at radius 2 is 1.90 bits per heavy atom. The van der Waals surface area contributed by atoms with Gasteiger partial charge in [-0.1, -0.05) is 0 Å². The summed E-state index contributed by atoms with van der Waals surface area (Å²) in [5.74, 6) is 0.115. The van der Waals surface area contributed by atoms with E-state index in [9.17, 15) is 9.59 Å². The van der Waals surface area contributed by atoms with Crippen LogP contribution in [0.4, 0.5) is 5.82 Å². The number of carbonyl (C=O) groups excluding carboxylic acids is 2. The monoisotopic (exact) mass is 274 g/mol. The molecule has 2 heterocycles. The minimum absolute atomic E-state index is 0.157. The summed E-state index contributed by atoms with van der Waals surface area (Å²) < 4.78 is 0. The van der Waals surface area contributed by atoms with E-state index in [1.54, 1.807) is 4.90 Å². The van der Waals surface area contributed by atoms with Crippen LogP contribution in [0.15, 0.2) is 6.07 Å². The van der Waals surface area contributed by atoms with Gasteiger partial charge in [-0.2, -0.15) is 0 Å². The molecule has 1 aromatic rings. The highest BCUT2D eigenvalue weighted by atomic mass is 16.2. The van der Waals surface area contributed by atoms with E-state index < -0.39 is 0 Å². The fourth-order valence-corrected chi connectivity index (χ4v) is 2.88. The molecule has 0 radical (unpaired) electrons. The lowest BCUT2D eigenvalue weighted by atomic mass is 9.94. The molecule has 0 saturated carbocycles. The number of nitrogens with zero attached hydrogens (tertiary/aromatic N) is 2. The van der Waals surface area contributed by atoms with Crippen molar-refractivity contribution in [2.75, 3.05) is 18.0 Å². The fourth-order valence-electron chi connectivity index (χ4n) is 2.88. The Bertz CT molecular complexity index is 555. The van der Waals surface area contributed by atoms with E-state index in [2.05, 4.69) is 11.4 Å². The van der Waals surface area contributed by atoms with E-state index in [-0.39, 0.29) is 24.9 Å². The fraction of sp³-hybridized carbons (Fsp3) is 0.500. The maximum absolute atomic E-state index is 11.5. The SMILES string of the molecule is NCc1cc2c(nc1N1CC(=O)NC(=O)C1)CCCC2. The number of aromatic nitrogens is 1. The van der Waals surface area contributed by atoms with E-state index in [4.69, 9.17) is 10.7 Å². The van der Waals surface area contributed by atoms with Crippen LogP contribution in [0, 0.1) is 0 Å². The van der Waals surface area contributed by atoms with Crippen molar-refractivity contribution >= 4 is 17.6 Å². The molecule has 1 saturated heterocycles. The molecule has 1 aromatic heterocycles. The normalized spacial score (nSPS) is 18.8. The number of nitrogens with one attached hydrogen (secondary N) is 1. The van der Waals surface area contributed by atoms with Crippen molar-refractivity contribution < 1.29 is 9.59 Å². The van der Waals surface area contributed by atoms with E-state index >= 15 is 0 Å². The van der Waals surface area contributed by atoms with Gasteiger partial charge in [-0.3, -0.25) is 14.9 Å². The highest BCUT2D eigenvalue weighted by Crippen LogP contribution is 2.27. The first kappa shape index (κ1) is 13.1. The molecule has 0 spiro atoms. The van der Waals surface area contributed by atoms with Gasteiger partial charge in [0, 0.05) is 17.8 Å². The molecule has 0 aromatic carbocycles. The standard InChI is InChI=1S/C14H18N4O2/c15-6-10-5-9-3-1-2-4-11(9)16-14(10)18-7-12(19)17-13(20)8-18/h5H,1-4,6-8,15H2,(H,17,19,20). The van der Waals surface area contributed by atoms with Gasteiger partial charge in [-0.25, -0.2) is 4.98 Å². The van der Waals surface area contributed by atoms with Crippen molar-refractivity contribution in [1.29, 1.82) is 0 Å². The van der Waals surface area contributed by atoms with Crippen LogP contribution in [0.3, 0.4) is 0 Å². The number of piperazine rings is 1. The summed E-state index contributed by atoms with van der Waals surface area (Å²) in [5.41, 5.74) is 9.06. The molecule has 6 nitrogen and oxygen atoms in total. The Morgan fingerprint density at radius 1 is 1.20 bits per heavy atom. The third-order valence-corrected chi connectivity index (χ3v) is 3.82. The minimum Gasteiger partial charge on any atom is -0.338 e. The van der Waals surface area contributed by atoms with Gasteiger partial charge in [0.1, 0.15) is 5.82 Å². The second-order valence-electron chi connectivity index (χ2n) is 5.32. The lowest BCUT2D eigenvalue weighted by Crippen LogP contribution is -2.52. The van der Waals surface area contributed by atoms with Crippen LogP contribution < -0.4 is 16.0 Å². The average molecular weight is 274 g/mol. The highest BCUT2D eigenvalue weighted by Gasteiger charge is 2.26. The lowest BCUT2D eigenvalue weighted by molar-refractivity contribution is -0.130. The molecule has 1 aliphatic carbocycles. The topological polar surface area (TPSA) is 88.3 Å². The molecule has 20 heavy (non-hydrogen) atoms. The van der Waals surface area contributed by atoms with Crippen LogP contribution in [-0.2, 0) is 29.0 Å². The number of anilines is 1. The van der Waals surface area contributed by atoms with Gasteiger partial charge in [-0.15, -0.1) is 0 Å². The number of imide groups is 1. The zero-order valence-corrected chi connectivity index (χ0v) is 11.3. The summed E-state index contributed by atoms with van der Waals surface area (Å²) in [7, 11) is 0. The predicted octanol–water partition coefficient (Wildman–Crippen LogP) is -0.118. The summed E-state index contributed by atoms with van der Waals surface area (Å²) in [4.78, 5) is 29.4. The van der Waals surface area contributed by atoms with Crippen LogP contribution in [-0.4, -0.2) is 29.9 Å².